The first kappa shape index (κ1) is 31.1. The molecule has 1 aliphatic carbocycles. The first-order valence-electron chi connectivity index (χ1n) is 19.2. The maximum absolute atomic E-state index is 6.95. The molecule has 56 heavy (non-hydrogen) atoms. The minimum atomic E-state index is 0.840. The average molecular weight is 720 g/mol. The lowest BCUT2D eigenvalue weighted by molar-refractivity contribution is 0.548. The van der Waals surface area contributed by atoms with Crippen LogP contribution in [0.2, 0.25) is 0 Å². The molecule has 4 nitrogen and oxygen atoms in total. The van der Waals surface area contributed by atoms with Crippen LogP contribution in [0.5, 0.6) is 0 Å². The highest BCUT2D eigenvalue weighted by Gasteiger charge is 2.25. The summed E-state index contributed by atoms with van der Waals surface area (Å²) < 4.78 is 19.9. The van der Waals surface area contributed by atoms with Crippen molar-refractivity contribution in [3.63, 3.8) is 0 Å². The average Bonchev–Trinajstić information content (AvgIpc) is 3.95. The third-order valence-electron chi connectivity index (χ3n) is 11.6. The van der Waals surface area contributed by atoms with E-state index in [0.29, 0.717) is 0 Å². The normalized spacial score (nSPS) is 13.0. The maximum atomic E-state index is 6.95. The minimum Gasteiger partial charge on any atom is -0.460 e. The lowest BCUT2D eigenvalue weighted by Gasteiger charge is -2.26. The number of fused-ring (bicyclic) bond motifs is 10. The maximum Gasteiger partial charge on any atom is 0.143 e. The second-order valence-electron chi connectivity index (χ2n) is 14.7. The number of rotatable bonds is 5. The molecular formula is C52H33NO3. The van der Waals surface area contributed by atoms with Gasteiger partial charge in [-0.2, -0.15) is 0 Å². The van der Waals surface area contributed by atoms with Crippen LogP contribution in [-0.2, 0) is 6.42 Å². The zero-order valence-electron chi connectivity index (χ0n) is 30.3. The van der Waals surface area contributed by atoms with Crippen LogP contribution in [0.3, 0.4) is 0 Å². The summed E-state index contributed by atoms with van der Waals surface area (Å²) in [5, 5.41) is 7.92. The van der Waals surface area contributed by atoms with E-state index in [1.165, 1.54) is 27.5 Å². The Morgan fingerprint density at radius 2 is 1.07 bits per heavy atom. The van der Waals surface area contributed by atoms with Crippen molar-refractivity contribution in [2.75, 3.05) is 4.90 Å². The van der Waals surface area contributed by atoms with E-state index in [1.807, 2.05) is 6.07 Å². The lowest BCUT2D eigenvalue weighted by atomic mass is 9.88. The number of hydrogen-bond donors (Lipinski definition) is 0. The summed E-state index contributed by atoms with van der Waals surface area (Å²) in [5.41, 5.74) is 13.4. The molecule has 0 saturated carbocycles. The van der Waals surface area contributed by atoms with E-state index in [2.05, 4.69) is 175 Å². The first-order valence-corrected chi connectivity index (χ1v) is 19.2. The molecule has 264 valence electrons. The summed E-state index contributed by atoms with van der Waals surface area (Å²) in [6.45, 7) is 0. The monoisotopic (exact) mass is 719 g/mol. The van der Waals surface area contributed by atoms with Crippen molar-refractivity contribution >= 4 is 94.3 Å². The molecule has 0 unspecified atom stereocenters. The van der Waals surface area contributed by atoms with Crippen LogP contribution < -0.4 is 4.90 Å². The molecule has 3 heterocycles. The Hall–Kier alpha value is -7.30. The molecular weight excluding hydrogens is 687 g/mol. The van der Waals surface area contributed by atoms with E-state index in [4.69, 9.17) is 13.3 Å². The molecule has 0 bridgehead atoms. The highest BCUT2D eigenvalue weighted by atomic mass is 16.3. The number of allylic oxidation sites excluding steroid dienone is 1. The SMILES string of the molecule is C1=C(c2cccc3oc4cccc(-c5cccc6c5oc5cccc(N(c7ccccc7)c7ccc8ccccc8c7)c56)c4c23)CCc2oc3ccccc3c21. The Bertz CT molecular complexity index is 3380. The van der Waals surface area contributed by atoms with Gasteiger partial charge in [-0.3, -0.25) is 0 Å². The standard InChI is InChI=1S/C52H33NO3/c1-2-14-35(15-3-1)53(36-28-26-32-12-4-5-13-33(32)30-36)43-21-11-25-46-49(43)41-20-8-19-40(52(41)56-46)39-18-10-24-48-51(39)50-37(17-9-23-47(50)55-48)34-27-29-45-42(31-34)38-16-6-7-22-44(38)54-45/h1-26,28,30-31H,27,29H2. The molecule has 0 atom stereocenters. The molecule has 0 N–H and O–H groups in total. The van der Waals surface area contributed by atoms with Crippen LogP contribution in [0, 0.1) is 0 Å². The van der Waals surface area contributed by atoms with Gasteiger partial charge in [-0.15, -0.1) is 0 Å². The van der Waals surface area contributed by atoms with Crippen LogP contribution in [-0.4, -0.2) is 0 Å². The van der Waals surface area contributed by atoms with Crippen LogP contribution in [0.15, 0.2) is 183 Å². The van der Waals surface area contributed by atoms with E-state index in [1.54, 1.807) is 0 Å². The number of aryl methyl sites for hydroxylation is 1. The van der Waals surface area contributed by atoms with Crippen molar-refractivity contribution in [1.82, 2.24) is 0 Å². The summed E-state index contributed by atoms with van der Waals surface area (Å²) in [4.78, 5) is 2.35. The highest BCUT2D eigenvalue weighted by Crippen LogP contribution is 2.48. The summed E-state index contributed by atoms with van der Waals surface area (Å²) in [5.74, 6) is 1.06. The molecule has 0 aliphatic heterocycles. The Morgan fingerprint density at radius 3 is 1.95 bits per heavy atom. The Morgan fingerprint density at radius 1 is 0.411 bits per heavy atom. The van der Waals surface area contributed by atoms with Crippen LogP contribution >= 0.6 is 0 Å². The molecule has 11 aromatic rings. The Balaban J connectivity index is 1.08. The van der Waals surface area contributed by atoms with E-state index in [9.17, 15) is 0 Å². The van der Waals surface area contributed by atoms with Gasteiger partial charge in [-0.1, -0.05) is 115 Å². The fraction of sp³-hybridized carbons (Fsp3) is 0.0385. The molecule has 1 aliphatic rings. The molecule has 0 fully saturated rings. The third-order valence-corrected chi connectivity index (χ3v) is 11.6. The van der Waals surface area contributed by atoms with Crippen LogP contribution in [0.4, 0.5) is 17.1 Å². The van der Waals surface area contributed by atoms with Crippen molar-refractivity contribution in [3.05, 3.63) is 187 Å². The molecule has 8 aromatic carbocycles. The van der Waals surface area contributed by atoms with Gasteiger partial charge < -0.3 is 18.2 Å². The fourth-order valence-corrected chi connectivity index (χ4v) is 9.07. The molecule has 0 radical (unpaired) electrons. The van der Waals surface area contributed by atoms with Gasteiger partial charge in [0, 0.05) is 50.5 Å². The second-order valence-corrected chi connectivity index (χ2v) is 14.7. The van der Waals surface area contributed by atoms with Crippen LogP contribution in [0.1, 0.15) is 23.3 Å². The van der Waals surface area contributed by atoms with Crippen molar-refractivity contribution in [3.8, 4) is 11.1 Å². The van der Waals surface area contributed by atoms with Crippen molar-refractivity contribution < 1.29 is 13.3 Å². The zero-order chi connectivity index (χ0) is 36.7. The Labute approximate surface area is 322 Å². The number of anilines is 3. The smallest absolute Gasteiger partial charge is 0.143 e. The predicted molar refractivity (Wildman–Crippen MR) is 231 cm³/mol. The van der Waals surface area contributed by atoms with Gasteiger partial charge in [0.25, 0.3) is 0 Å². The van der Waals surface area contributed by atoms with Crippen molar-refractivity contribution in [1.29, 1.82) is 0 Å². The van der Waals surface area contributed by atoms with E-state index < -0.39 is 0 Å². The molecule has 0 amide bonds. The van der Waals surface area contributed by atoms with Crippen LogP contribution in [0.25, 0.3) is 88.4 Å². The zero-order valence-corrected chi connectivity index (χ0v) is 30.3. The predicted octanol–water partition coefficient (Wildman–Crippen LogP) is 15.0. The van der Waals surface area contributed by atoms with E-state index in [-0.39, 0.29) is 0 Å². The van der Waals surface area contributed by atoms with Gasteiger partial charge in [0.1, 0.15) is 33.7 Å². The molecule has 0 spiro atoms. The molecule has 3 aromatic heterocycles. The highest BCUT2D eigenvalue weighted by molar-refractivity contribution is 6.21. The topological polar surface area (TPSA) is 42.7 Å². The third kappa shape index (κ3) is 4.66. The lowest BCUT2D eigenvalue weighted by Crippen LogP contribution is -2.10. The number of benzene rings is 8. The van der Waals surface area contributed by atoms with Crippen molar-refractivity contribution in [2.45, 2.75) is 12.8 Å². The Kier molecular flexibility index (Phi) is 6.72. The first-order chi connectivity index (χ1) is 27.8. The second kappa shape index (κ2) is 12.1. The van der Waals surface area contributed by atoms with E-state index in [0.717, 1.165) is 102 Å². The number of hydrogen-bond acceptors (Lipinski definition) is 4. The molecule has 4 heteroatoms. The molecule has 0 saturated heterocycles. The van der Waals surface area contributed by atoms with E-state index >= 15 is 0 Å². The van der Waals surface area contributed by atoms with Gasteiger partial charge in [-0.25, -0.2) is 0 Å². The van der Waals surface area contributed by atoms with Gasteiger partial charge >= 0.3 is 0 Å². The number of para-hydroxylation sites is 3. The fourth-order valence-electron chi connectivity index (χ4n) is 9.07. The van der Waals surface area contributed by atoms with Gasteiger partial charge in [0.2, 0.25) is 0 Å². The van der Waals surface area contributed by atoms with Crippen molar-refractivity contribution in [2.24, 2.45) is 0 Å². The summed E-state index contributed by atoms with van der Waals surface area (Å²) in [6, 6.07) is 59.9. The summed E-state index contributed by atoms with van der Waals surface area (Å²) in [6.07, 6.45) is 4.07. The van der Waals surface area contributed by atoms with Gasteiger partial charge in [-0.05, 0) is 94.6 Å². The largest absolute Gasteiger partial charge is 0.460 e. The summed E-state index contributed by atoms with van der Waals surface area (Å²) >= 11 is 0. The number of nitrogens with zero attached hydrogens (tertiary/aromatic N) is 1. The van der Waals surface area contributed by atoms with Gasteiger partial charge in [0.05, 0.1) is 11.1 Å². The minimum absolute atomic E-state index is 0.840. The summed E-state index contributed by atoms with van der Waals surface area (Å²) in [7, 11) is 0. The molecule has 12 rings (SSSR count). The quantitative estimate of drug-likeness (QED) is 0.178. The van der Waals surface area contributed by atoms with Gasteiger partial charge in [0.15, 0.2) is 0 Å². The number of furan rings is 3.